The first kappa shape index (κ1) is 16.9. The van der Waals surface area contributed by atoms with Gasteiger partial charge in [0.1, 0.15) is 6.10 Å². The first-order chi connectivity index (χ1) is 13.3. The molecule has 1 aliphatic rings. The quantitative estimate of drug-likeness (QED) is 0.334. The summed E-state index contributed by atoms with van der Waals surface area (Å²) in [5.41, 5.74) is 15.1. The SMILES string of the molecule is [N-]=[N+]=Nc1ccc(C=C2C=C(C(O)c3ccccc3)c3ccccc32)cc1. The zero-order chi connectivity index (χ0) is 18.6. The second-order valence-electron chi connectivity index (χ2n) is 6.34. The third-order valence-corrected chi connectivity index (χ3v) is 4.65. The van der Waals surface area contributed by atoms with Gasteiger partial charge in [-0.15, -0.1) is 0 Å². The van der Waals surface area contributed by atoms with Crippen molar-refractivity contribution in [2.75, 3.05) is 0 Å². The molecule has 27 heavy (non-hydrogen) atoms. The van der Waals surface area contributed by atoms with Crippen molar-refractivity contribution in [2.24, 2.45) is 5.11 Å². The summed E-state index contributed by atoms with van der Waals surface area (Å²) in [5.74, 6) is 0. The van der Waals surface area contributed by atoms with E-state index in [9.17, 15) is 5.11 Å². The van der Waals surface area contributed by atoms with Gasteiger partial charge in [0.05, 0.1) is 0 Å². The van der Waals surface area contributed by atoms with Crippen molar-refractivity contribution in [3.05, 3.63) is 118 Å². The van der Waals surface area contributed by atoms with Crippen LogP contribution in [0.25, 0.3) is 27.7 Å². The van der Waals surface area contributed by atoms with E-state index >= 15 is 0 Å². The van der Waals surface area contributed by atoms with Crippen LogP contribution in [0.2, 0.25) is 0 Å². The number of benzene rings is 3. The molecule has 0 amide bonds. The van der Waals surface area contributed by atoms with Crippen LogP contribution >= 0.6 is 0 Å². The van der Waals surface area contributed by atoms with Crippen LogP contribution in [-0.2, 0) is 0 Å². The molecule has 1 N–H and O–H groups in total. The lowest BCUT2D eigenvalue weighted by Gasteiger charge is -2.13. The molecule has 0 fully saturated rings. The Hall–Kier alpha value is -3.59. The number of aliphatic hydroxyl groups excluding tert-OH is 1. The average molecular weight is 351 g/mol. The first-order valence-electron chi connectivity index (χ1n) is 8.67. The molecule has 1 aliphatic carbocycles. The maximum Gasteiger partial charge on any atom is 0.105 e. The number of allylic oxidation sites excluding steroid dienone is 2. The molecule has 4 nitrogen and oxygen atoms in total. The molecule has 1 atom stereocenters. The summed E-state index contributed by atoms with van der Waals surface area (Å²) in [5, 5.41) is 14.5. The molecular weight excluding hydrogens is 334 g/mol. The third kappa shape index (κ3) is 3.40. The van der Waals surface area contributed by atoms with Crippen LogP contribution < -0.4 is 0 Å². The van der Waals surface area contributed by atoms with Crippen LogP contribution in [0, 0.1) is 0 Å². The largest absolute Gasteiger partial charge is 0.384 e. The fourth-order valence-electron chi connectivity index (χ4n) is 3.34. The molecule has 0 saturated carbocycles. The Balaban J connectivity index is 1.75. The van der Waals surface area contributed by atoms with Gasteiger partial charge in [-0.1, -0.05) is 84.0 Å². The number of rotatable bonds is 4. The second kappa shape index (κ2) is 7.34. The molecule has 4 heteroatoms. The van der Waals surface area contributed by atoms with Gasteiger partial charge in [0, 0.05) is 10.6 Å². The highest BCUT2D eigenvalue weighted by Crippen LogP contribution is 2.42. The Morgan fingerprint density at radius 1 is 0.852 bits per heavy atom. The van der Waals surface area contributed by atoms with Gasteiger partial charge in [-0.3, -0.25) is 0 Å². The number of hydrogen-bond acceptors (Lipinski definition) is 2. The zero-order valence-corrected chi connectivity index (χ0v) is 14.5. The van der Waals surface area contributed by atoms with Crippen LogP contribution in [0.15, 0.2) is 90.1 Å². The van der Waals surface area contributed by atoms with E-state index in [-0.39, 0.29) is 0 Å². The Kier molecular flexibility index (Phi) is 4.58. The molecule has 0 radical (unpaired) electrons. The number of hydrogen-bond donors (Lipinski definition) is 1. The lowest BCUT2D eigenvalue weighted by Crippen LogP contribution is -1.99. The maximum atomic E-state index is 10.9. The van der Waals surface area contributed by atoms with E-state index in [2.05, 4.69) is 22.2 Å². The van der Waals surface area contributed by atoms with Crippen molar-refractivity contribution in [2.45, 2.75) is 6.10 Å². The minimum absolute atomic E-state index is 0.585. The molecule has 0 heterocycles. The summed E-state index contributed by atoms with van der Waals surface area (Å²) in [6.07, 6.45) is 3.44. The van der Waals surface area contributed by atoms with Gasteiger partial charge in [0.2, 0.25) is 0 Å². The average Bonchev–Trinajstić information content (AvgIpc) is 3.08. The van der Waals surface area contributed by atoms with Gasteiger partial charge in [0.25, 0.3) is 0 Å². The minimum atomic E-state index is -0.675. The van der Waals surface area contributed by atoms with Gasteiger partial charge >= 0.3 is 0 Å². The van der Waals surface area contributed by atoms with E-state index in [0.717, 1.165) is 33.4 Å². The Morgan fingerprint density at radius 2 is 1.52 bits per heavy atom. The number of azide groups is 1. The minimum Gasteiger partial charge on any atom is -0.384 e. The van der Waals surface area contributed by atoms with Crippen LogP contribution in [0.1, 0.15) is 28.4 Å². The number of nitrogens with zero attached hydrogens (tertiary/aromatic N) is 3. The molecule has 3 aromatic rings. The van der Waals surface area contributed by atoms with Gasteiger partial charge in [-0.25, -0.2) is 0 Å². The highest BCUT2D eigenvalue weighted by atomic mass is 16.3. The molecule has 3 aromatic carbocycles. The van der Waals surface area contributed by atoms with Gasteiger partial charge < -0.3 is 5.11 Å². The Morgan fingerprint density at radius 3 is 2.22 bits per heavy atom. The third-order valence-electron chi connectivity index (χ3n) is 4.65. The predicted octanol–water partition coefficient (Wildman–Crippen LogP) is 6.30. The summed E-state index contributed by atoms with van der Waals surface area (Å²) in [6.45, 7) is 0. The molecule has 0 spiro atoms. The van der Waals surface area contributed by atoms with Crippen molar-refractivity contribution in [3.8, 4) is 0 Å². The fourth-order valence-corrected chi connectivity index (χ4v) is 3.34. The molecule has 4 rings (SSSR count). The zero-order valence-electron chi connectivity index (χ0n) is 14.5. The van der Waals surface area contributed by atoms with E-state index in [4.69, 9.17) is 5.53 Å². The standard InChI is InChI=1S/C23H17N3O/c24-26-25-19-12-10-16(11-13-19)14-18-15-22(21-9-5-4-8-20(18)21)23(27)17-6-2-1-3-7-17/h1-15,23,27H. The molecular formula is C23H17N3O. The highest BCUT2D eigenvalue weighted by Gasteiger charge is 2.24. The van der Waals surface area contributed by atoms with Crippen molar-refractivity contribution in [1.29, 1.82) is 0 Å². The van der Waals surface area contributed by atoms with Crippen molar-refractivity contribution >= 4 is 22.9 Å². The summed E-state index contributed by atoms with van der Waals surface area (Å²) < 4.78 is 0. The maximum absolute atomic E-state index is 10.9. The highest BCUT2D eigenvalue weighted by molar-refractivity contribution is 6.02. The monoisotopic (exact) mass is 351 g/mol. The van der Waals surface area contributed by atoms with Crippen molar-refractivity contribution in [3.63, 3.8) is 0 Å². The van der Waals surface area contributed by atoms with E-state index in [1.54, 1.807) is 12.1 Å². The van der Waals surface area contributed by atoms with Crippen LogP contribution in [0.3, 0.4) is 0 Å². The molecule has 1 unspecified atom stereocenters. The van der Waals surface area contributed by atoms with Gasteiger partial charge in [-0.05, 0) is 51.1 Å². The van der Waals surface area contributed by atoms with E-state index in [0.29, 0.717) is 5.69 Å². The summed E-state index contributed by atoms with van der Waals surface area (Å²) in [4.78, 5) is 2.80. The lowest BCUT2D eigenvalue weighted by molar-refractivity contribution is 0.238. The van der Waals surface area contributed by atoms with E-state index in [1.165, 1.54) is 0 Å². The molecule has 130 valence electrons. The Bertz CT molecular complexity index is 1080. The molecule has 0 aromatic heterocycles. The fraction of sp³-hybridized carbons (Fsp3) is 0.0435. The predicted molar refractivity (Wildman–Crippen MR) is 109 cm³/mol. The summed E-state index contributed by atoms with van der Waals surface area (Å²) >= 11 is 0. The Labute approximate surface area is 157 Å². The van der Waals surface area contributed by atoms with Gasteiger partial charge in [0.15, 0.2) is 0 Å². The van der Waals surface area contributed by atoms with Crippen molar-refractivity contribution in [1.82, 2.24) is 0 Å². The second-order valence-corrected chi connectivity index (χ2v) is 6.34. The number of fused-ring (bicyclic) bond motifs is 1. The molecule has 0 aliphatic heterocycles. The van der Waals surface area contributed by atoms with E-state index < -0.39 is 6.10 Å². The van der Waals surface area contributed by atoms with E-state index in [1.807, 2.05) is 66.7 Å². The summed E-state index contributed by atoms with van der Waals surface area (Å²) in [7, 11) is 0. The van der Waals surface area contributed by atoms with Gasteiger partial charge in [-0.2, -0.15) is 0 Å². The lowest BCUT2D eigenvalue weighted by atomic mass is 9.96. The first-order valence-corrected chi connectivity index (χ1v) is 8.67. The van der Waals surface area contributed by atoms with Crippen LogP contribution in [-0.4, -0.2) is 5.11 Å². The molecule has 0 saturated heterocycles. The van der Waals surface area contributed by atoms with Crippen LogP contribution in [0.5, 0.6) is 0 Å². The summed E-state index contributed by atoms with van der Waals surface area (Å²) in [6, 6.07) is 25.2. The van der Waals surface area contributed by atoms with Crippen molar-refractivity contribution < 1.29 is 5.11 Å². The number of aliphatic hydroxyl groups is 1. The topological polar surface area (TPSA) is 69.0 Å². The molecule has 0 bridgehead atoms. The smallest absolute Gasteiger partial charge is 0.105 e. The normalized spacial score (nSPS) is 15.0. The van der Waals surface area contributed by atoms with Crippen LogP contribution in [0.4, 0.5) is 5.69 Å².